The lowest BCUT2D eigenvalue weighted by Crippen LogP contribution is -2.17. The molecule has 2 atom stereocenters. The van der Waals surface area contributed by atoms with Gasteiger partial charge in [0.2, 0.25) is 5.88 Å². The van der Waals surface area contributed by atoms with Gasteiger partial charge in [0.15, 0.2) is 5.13 Å². The molecule has 9 heteroatoms. The number of carbonyl (C=O) groups is 2. The highest BCUT2D eigenvalue weighted by atomic mass is 32.2. The predicted molar refractivity (Wildman–Crippen MR) is 108 cm³/mol. The minimum absolute atomic E-state index is 0.151. The fourth-order valence-corrected chi connectivity index (χ4v) is 5.44. The standard InChI is InChI=1S/C19H21N3O4S2/c1-2-25-18(24)13-3-4-14-16(13)21-19(28-14)22-17(23)11-5-7-20-15(9-11)26-12-6-8-27-10-12/h5,7,9,12-13H,2-4,6,8,10H2,1H3,(H,21,22,23). The van der Waals surface area contributed by atoms with E-state index in [0.29, 0.717) is 29.6 Å². The molecule has 2 unspecified atom stereocenters. The highest BCUT2D eigenvalue weighted by Crippen LogP contribution is 2.39. The summed E-state index contributed by atoms with van der Waals surface area (Å²) in [5.41, 5.74) is 1.20. The Hall–Kier alpha value is -2.13. The predicted octanol–water partition coefficient (Wildman–Crippen LogP) is 3.27. The maximum absolute atomic E-state index is 12.6. The SMILES string of the molecule is CCOC(=O)C1CCc2sc(NC(=O)c3ccnc(OC4CCSC4)c3)nc21. The fourth-order valence-electron chi connectivity index (χ4n) is 3.31. The van der Waals surface area contributed by atoms with E-state index in [1.165, 1.54) is 11.3 Å². The lowest BCUT2D eigenvalue weighted by molar-refractivity contribution is -0.145. The van der Waals surface area contributed by atoms with Gasteiger partial charge < -0.3 is 9.47 Å². The number of ether oxygens (including phenoxy) is 2. The van der Waals surface area contributed by atoms with Crippen LogP contribution in [0.3, 0.4) is 0 Å². The molecule has 1 aliphatic heterocycles. The monoisotopic (exact) mass is 419 g/mol. The summed E-state index contributed by atoms with van der Waals surface area (Å²) in [7, 11) is 0. The number of esters is 1. The number of pyridine rings is 1. The lowest BCUT2D eigenvalue weighted by Gasteiger charge is -2.12. The van der Waals surface area contributed by atoms with Gasteiger partial charge in [0.05, 0.1) is 12.3 Å². The van der Waals surface area contributed by atoms with Gasteiger partial charge in [0.25, 0.3) is 5.91 Å². The van der Waals surface area contributed by atoms with E-state index in [4.69, 9.17) is 9.47 Å². The minimum atomic E-state index is -0.331. The van der Waals surface area contributed by atoms with E-state index in [9.17, 15) is 9.59 Å². The van der Waals surface area contributed by atoms with Crippen molar-refractivity contribution in [1.82, 2.24) is 9.97 Å². The fraction of sp³-hybridized carbons (Fsp3) is 0.474. The van der Waals surface area contributed by atoms with Gasteiger partial charge in [-0.2, -0.15) is 11.8 Å². The van der Waals surface area contributed by atoms with Crippen molar-refractivity contribution in [3.63, 3.8) is 0 Å². The summed E-state index contributed by atoms with van der Waals surface area (Å²) in [5, 5.41) is 3.32. The van der Waals surface area contributed by atoms with Gasteiger partial charge in [-0.1, -0.05) is 0 Å². The third-order valence-corrected chi connectivity index (χ3v) is 6.86. The summed E-state index contributed by atoms with van der Waals surface area (Å²) in [5.74, 6) is 1.65. The molecule has 3 heterocycles. The molecule has 0 saturated carbocycles. The molecule has 4 rings (SSSR count). The zero-order valence-corrected chi connectivity index (χ0v) is 17.1. The van der Waals surface area contributed by atoms with Crippen molar-refractivity contribution >= 4 is 40.1 Å². The van der Waals surface area contributed by atoms with Crippen LogP contribution in [-0.2, 0) is 16.0 Å². The van der Waals surface area contributed by atoms with E-state index in [0.717, 1.165) is 34.9 Å². The van der Waals surface area contributed by atoms with Gasteiger partial charge in [-0.25, -0.2) is 9.97 Å². The number of thiazole rings is 1. The Bertz CT molecular complexity index is 880. The number of fused-ring (bicyclic) bond motifs is 1. The van der Waals surface area contributed by atoms with Gasteiger partial charge in [0.1, 0.15) is 12.0 Å². The van der Waals surface area contributed by atoms with Crippen LogP contribution in [0.25, 0.3) is 0 Å². The van der Waals surface area contributed by atoms with Crippen molar-refractivity contribution in [2.75, 3.05) is 23.4 Å². The van der Waals surface area contributed by atoms with Crippen molar-refractivity contribution in [3.05, 3.63) is 34.5 Å². The molecule has 0 aromatic carbocycles. The Balaban J connectivity index is 1.43. The molecule has 1 saturated heterocycles. The molecule has 0 bridgehead atoms. The second-order valence-corrected chi connectivity index (χ2v) is 8.84. The molecule has 0 spiro atoms. The Morgan fingerprint density at radius 2 is 2.25 bits per heavy atom. The first kappa shape index (κ1) is 19.2. The Kier molecular flexibility index (Phi) is 5.82. The Morgan fingerprint density at radius 1 is 1.36 bits per heavy atom. The average Bonchev–Trinajstić information content (AvgIpc) is 3.39. The average molecular weight is 420 g/mol. The normalized spacial score (nSPS) is 20.6. The van der Waals surface area contributed by atoms with Crippen molar-refractivity contribution in [2.45, 2.75) is 38.2 Å². The maximum atomic E-state index is 12.6. The number of hydrogen-bond acceptors (Lipinski definition) is 8. The summed E-state index contributed by atoms with van der Waals surface area (Å²) in [6.45, 7) is 2.14. The third-order valence-electron chi connectivity index (χ3n) is 4.68. The molecule has 7 nitrogen and oxygen atoms in total. The molecule has 2 aromatic heterocycles. The number of aromatic nitrogens is 2. The Labute approximate surface area is 171 Å². The van der Waals surface area contributed by atoms with Crippen LogP contribution in [0, 0.1) is 0 Å². The number of anilines is 1. The highest BCUT2D eigenvalue weighted by Gasteiger charge is 2.33. The second kappa shape index (κ2) is 8.48. The molecular weight excluding hydrogens is 398 g/mol. The van der Waals surface area contributed by atoms with E-state index in [1.54, 1.807) is 25.3 Å². The van der Waals surface area contributed by atoms with Crippen LogP contribution in [0.2, 0.25) is 0 Å². The number of thioether (sulfide) groups is 1. The highest BCUT2D eigenvalue weighted by molar-refractivity contribution is 7.99. The van der Waals surface area contributed by atoms with Crippen molar-refractivity contribution in [2.24, 2.45) is 0 Å². The van der Waals surface area contributed by atoms with Crippen LogP contribution in [0.5, 0.6) is 5.88 Å². The number of aryl methyl sites for hydroxylation is 1. The summed E-state index contributed by atoms with van der Waals surface area (Å²) < 4.78 is 11.0. The molecule has 2 aliphatic rings. The van der Waals surface area contributed by atoms with Gasteiger partial charge >= 0.3 is 5.97 Å². The number of carbonyl (C=O) groups excluding carboxylic acids is 2. The largest absolute Gasteiger partial charge is 0.473 e. The van der Waals surface area contributed by atoms with Gasteiger partial charge in [-0.05, 0) is 38.0 Å². The van der Waals surface area contributed by atoms with Crippen LogP contribution >= 0.6 is 23.1 Å². The zero-order valence-electron chi connectivity index (χ0n) is 15.5. The maximum Gasteiger partial charge on any atom is 0.315 e. The minimum Gasteiger partial charge on any atom is -0.473 e. The molecule has 1 fully saturated rings. The summed E-state index contributed by atoms with van der Waals surface area (Å²) in [6.07, 6.45) is 4.21. The summed E-state index contributed by atoms with van der Waals surface area (Å²) in [4.78, 5) is 34.4. The third kappa shape index (κ3) is 4.15. The number of amides is 1. The topological polar surface area (TPSA) is 90.4 Å². The molecule has 0 radical (unpaired) electrons. The molecule has 148 valence electrons. The van der Waals surface area contributed by atoms with Crippen LogP contribution in [0.4, 0.5) is 5.13 Å². The first-order valence-corrected chi connectivity index (χ1v) is 11.3. The Morgan fingerprint density at radius 3 is 3.04 bits per heavy atom. The number of nitrogens with zero attached hydrogens (tertiary/aromatic N) is 2. The number of nitrogens with one attached hydrogen (secondary N) is 1. The molecule has 1 amide bonds. The lowest BCUT2D eigenvalue weighted by atomic mass is 10.1. The molecule has 2 aromatic rings. The molecule has 28 heavy (non-hydrogen) atoms. The van der Waals surface area contributed by atoms with Crippen LogP contribution in [-0.4, -0.2) is 46.1 Å². The summed E-state index contributed by atoms with van der Waals surface area (Å²) in [6, 6.07) is 3.30. The van der Waals surface area contributed by atoms with Gasteiger partial charge in [-0.15, -0.1) is 11.3 Å². The first-order valence-electron chi connectivity index (χ1n) is 9.32. The van der Waals surface area contributed by atoms with Crippen LogP contribution in [0.1, 0.15) is 46.6 Å². The van der Waals surface area contributed by atoms with E-state index in [-0.39, 0.29) is 23.9 Å². The second-order valence-electron chi connectivity index (χ2n) is 6.61. The quantitative estimate of drug-likeness (QED) is 0.719. The first-order chi connectivity index (χ1) is 13.6. The summed E-state index contributed by atoms with van der Waals surface area (Å²) >= 11 is 3.27. The molecule has 1 aliphatic carbocycles. The number of hydrogen-bond donors (Lipinski definition) is 1. The van der Waals surface area contributed by atoms with E-state index < -0.39 is 0 Å². The van der Waals surface area contributed by atoms with Crippen molar-refractivity contribution in [1.29, 1.82) is 0 Å². The van der Waals surface area contributed by atoms with E-state index in [1.807, 2.05) is 11.8 Å². The zero-order chi connectivity index (χ0) is 19.5. The van der Waals surface area contributed by atoms with Gasteiger partial charge in [0, 0.05) is 28.5 Å². The smallest absolute Gasteiger partial charge is 0.315 e. The molecule has 1 N–H and O–H groups in total. The van der Waals surface area contributed by atoms with Crippen LogP contribution < -0.4 is 10.1 Å². The van der Waals surface area contributed by atoms with Crippen LogP contribution in [0.15, 0.2) is 18.3 Å². The van der Waals surface area contributed by atoms with Gasteiger partial charge in [-0.3, -0.25) is 14.9 Å². The van der Waals surface area contributed by atoms with E-state index in [2.05, 4.69) is 15.3 Å². The van der Waals surface area contributed by atoms with Crippen molar-refractivity contribution in [3.8, 4) is 5.88 Å². The van der Waals surface area contributed by atoms with E-state index >= 15 is 0 Å². The number of rotatable bonds is 6. The molecular formula is C19H21N3O4S2. The van der Waals surface area contributed by atoms with Crippen molar-refractivity contribution < 1.29 is 19.1 Å².